The molecule has 0 aliphatic heterocycles. The molecule has 0 amide bonds. The summed E-state index contributed by atoms with van der Waals surface area (Å²) in [5, 5.41) is 0.400. The summed E-state index contributed by atoms with van der Waals surface area (Å²) in [4.78, 5) is 12.4. The first-order valence-corrected chi connectivity index (χ1v) is 20.2. The van der Waals surface area contributed by atoms with Gasteiger partial charge in [0.1, 0.15) is 5.78 Å². The Labute approximate surface area is 224 Å². The lowest BCUT2D eigenvalue weighted by Crippen LogP contribution is -2.46. The van der Waals surface area contributed by atoms with Crippen molar-refractivity contribution in [2.24, 2.45) is 17.8 Å². The van der Waals surface area contributed by atoms with Gasteiger partial charge in [0.05, 0.1) is 0 Å². The van der Waals surface area contributed by atoms with Crippen LogP contribution in [0.5, 0.6) is 0 Å². The number of rotatable bonds is 10. The van der Waals surface area contributed by atoms with Gasteiger partial charge >= 0.3 is 0 Å². The summed E-state index contributed by atoms with van der Waals surface area (Å²) in [7, 11) is -3.74. The molecule has 0 unspecified atom stereocenters. The molecule has 0 N–H and O–H groups in total. The number of aryl methyl sites for hydroxylation is 1. The van der Waals surface area contributed by atoms with Gasteiger partial charge in [0.2, 0.25) is 0 Å². The summed E-state index contributed by atoms with van der Waals surface area (Å²) in [5.41, 5.74) is 1.39. The van der Waals surface area contributed by atoms with Crippen LogP contribution in [0, 0.1) is 17.8 Å². The fraction of sp³-hybridized carbons (Fsp3) is 0.774. The van der Waals surface area contributed by atoms with Crippen molar-refractivity contribution in [3.63, 3.8) is 0 Å². The van der Waals surface area contributed by atoms with Crippen LogP contribution in [0.4, 0.5) is 0 Å². The van der Waals surface area contributed by atoms with Crippen LogP contribution >= 0.6 is 0 Å². The van der Waals surface area contributed by atoms with Gasteiger partial charge in [-0.15, -0.1) is 0 Å². The van der Waals surface area contributed by atoms with E-state index in [1.807, 2.05) is 0 Å². The van der Waals surface area contributed by atoms with E-state index in [0.717, 1.165) is 44.9 Å². The molecule has 2 saturated carbocycles. The zero-order chi connectivity index (χ0) is 26.9. The van der Waals surface area contributed by atoms with Crippen LogP contribution in [-0.4, -0.2) is 34.6 Å². The predicted molar refractivity (Wildman–Crippen MR) is 157 cm³/mol. The molecule has 2 aliphatic carbocycles. The van der Waals surface area contributed by atoms with Gasteiger partial charge in [0.25, 0.3) is 0 Å². The quantitative estimate of drug-likeness (QED) is 0.284. The number of carbonyl (C=O) groups is 1. The van der Waals surface area contributed by atoms with Crippen molar-refractivity contribution in [1.82, 2.24) is 0 Å². The normalized spacial score (nSPS) is 26.3. The third-order valence-corrected chi connectivity index (χ3v) is 19.1. The van der Waals surface area contributed by atoms with Crippen LogP contribution in [0.15, 0.2) is 30.3 Å². The second kappa shape index (κ2) is 11.2. The molecule has 0 bridgehead atoms. The third kappa shape index (κ3) is 7.21. The second-order valence-corrected chi connectivity index (χ2v) is 24.3. The standard InChI is InChI=1S/C31H54O3Si2/c1-30(2,3)35(7,8)33-26(17-16-23-14-12-11-13-15-23)18-19-27-28-22-25(32)20-24(28)21-29(27)34-36(9,10)31(4,5)6/h11-15,24,26-29H,16-22H2,1-10H3/t24-,26-,27+,28-,29+/m0/s1. The van der Waals surface area contributed by atoms with E-state index in [-0.39, 0.29) is 16.2 Å². The highest BCUT2D eigenvalue weighted by Gasteiger charge is 2.51. The maximum absolute atomic E-state index is 12.4. The first-order valence-electron chi connectivity index (χ1n) is 14.4. The van der Waals surface area contributed by atoms with E-state index in [0.29, 0.717) is 29.6 Å². The maximum Gasteiger partial charge on any atom is 0.192 e. The van der Waals surface area contributed by atoms with E-state index in [9.17, 15) is 4.79 Å². The molecule has 1 aromatic carbocycles. The first kappa shape index (κ1) is 29.8. The molecule has 0 aromatic heterocycles. The summed E-state index contributed by atoms with van der Waals surface area (Å²) in [6.45, 7) is 23.5. The van der Waals surface area contributed by atoms with Crippen molar-refractivity contribution in [2.75, 3.05) is 0 Å². The topological polar surface area (TPSA) is 35.5 Å². The molecule has 2 fully saturated rings. The van der Waals surface area contributed by atoms with E-state index in [4.69, 9.17) is 8.85 Å². The summed E-state index contributed by atoms with van der Waals surface area (Å²) >= 11 is 0. The fourth-order valence-electron chi connectivity index (χ4n) is 5.76. The number of benzene rings is 1. The van der Waals surface area contributed by atoms with Crippen LogP contribution < -0.4 is 0 Å². The molecule has 5 heteroatoms. The van der Waals surface area contributed by atoms with Crippen molar-refractivity contribution in [2.45, 2.75) is 135 Å². The van der Waals surface area contributed by atoms with Gasteiger partial charge in [-0.25, -0.2) is 0 Å². The average molecular weight is 531 g/mol. The van der Waals surface area contributed by atoms with Crippen molar-refractivity contribution in [3.05, 3.63) is 35.9 Å². The van der Waals surface area contributed by atoms with Gasteiger partial charge in [0.15, 0.2) is 16.6 Å². The highest BCUT2D eigenvalue weighted by Crippen LogP contribution is 2.51. The van der Waals surface area contributed by atoms with Crippen LogP contribution in [0.1, 0.15) is 85.6 Å². The van der Waals surface area contributed by atoms with Gasteiger partial charge in [-0.05, 0) is 91.7 Å². The van der Waals surface area contributed by atoms with E-state index in [2.05, 4.69) is 98.1 Å². The molecular formula is C31H54O3Si2. The number of fused-ring (bicyclic) bond motifs is 1. The molecule has 1 aromatic rings. The monoisotopic (exact) mass is 530 g/mol. The van der Waals surface area contributed by atoms with Crippen LogP contribution in [0.25, 0.3) is 0 Å². The van der Waals surface area contributed by atoms with E-state index >= 15 is 0 Å². The number of Topliss-reactive ketones (excluding diaryl/α,β-unsaturated/α-hetero) is 1. The smallest absolute Gasteiger partial charge is 0.192 e. The first-order chi connectivity index (χ1) is 16.5. The van der Waals surface area contributed by atoms with Crippen molar-refractivity contribution in [3.8, 4) is 0 Å². The lowest BCUT2D eigenvalue weighted by Gasteiger charge is -2.41. The van der Waals surface area contributed by atoms with Crippen molar-refractivity contribution < 1.29 is 13.6 Å². The minimum Gasteiger partial charge on any atom is -0.414 e. The summed E-state index contributed by atoms with van der Waals surface area (Å²) in [6.07, 6.45) is 7.48. The summed E-state index contributed by atoms with van der Waals surface area (Å²) in [6, 6.07) is 10.8. The van der Waals surface area contributed by atoms with Gasteiger partial charge in [-0.3, -0.25) is 4.79 Å². The minimum atomic E-state index is -1.88. The Kier molecular flexibility index (Phi) is 9.23. The maximum atomic E-state index is 12.4. The van der Waals surface area contributed by atoms with Crippen LogP contribution in [0.2, 0.25) is 36.3 Å². The van der Waals surface area contributed by atoms with Crippen LogP contribution in [0.3, 0.4) is 0 Å². The molecule has 0 spiro atoms. The van der Waals surface area contributed by atoms with Gasteiger partial charge in [-0.2, -0.15) is 0 Å². The molecule has 36 heavy (non-hydrogen) atoms. The number of hydrogen-bond donors (Lipinski definition) is 0. The van der Waals surface area contributed by atoms with E-state index < -0.39 is 16.6 Å². The van der Waals surface area contributed by atoms with Gasteiger partial charge in [-0.1, -0.05) is 71.9 Å². The molecule has 204 valence electrons. The Morgan fingerprint density at radius 1 is 0.889 bits per heavy atom. The third-order valence-electron chi connectivity index (χ3n) is 10.1. The van der Waals surface area contributed by atoms with Gasteiger partial charge < -0.3 is 8.85 Å². The van der Waals surface area contributed by atoms with Gasteiger partial charge in [0, 0.05) is 25.0 Å². The Morgan fingerprint density at radius 3 is 2.08 bits per heavy atom. The summed E-state index contributed by atoms with van der Waals surface area (Å²) < 4.78 is 14.1. The number of carbonyl (C=O) groups excluding carboxylic acids is 1. The fourth-order valence-corrected chi connectivity index (χ4v) is 8.57. The van der Waals surface area contributed by atoms with Crippen LogP contribution in [-0.2, 0) is 20.1 Å². The Balaban J connectivity index is 1.76. The second-order valence-electron chi connectivity index (χ2n) is 14.8. The van der Waals surface area contributed by atoms with Crippen molar-refractivity contribution >= 4 is 22.4 Å². The molecular weight excluding hydrogens is 477 g/mol. The molecule has 0 saturated heterocycles. The predicted octanol–water partition coefficient (Wildman–Crippen LogP) is 8.80. The summed E-state index contributed by atoms with van der Waals surface area (Å²) in [5.74, 6) is 1.99. The zero-order valence-electron chi connectivity index (χ0n) is 24.9. The Morgan fingerprint density at radius 2 is 1.50 bits per heavy atom. The Hall–Kier alpha value is -0.756. The Bertz CT molecular complexity index is 866. The lowest BCUT2D eigenvalue weighted by molar-refractivity contribution is -0.118. The number of hydrogen-bond acceptors (Lipinski definition) is 3. The average Bonchev–Trinajstić information content (AvgIpc) is 3.24. The number of ketones is 1. The van der Waals surface area contributed by atoms with E-state index in [1.165, 1.54) is 5.56 Å². The molecule has 5 atom stereocenters. The molecule has 2 aliphatic rings. The largest absolute Gasteiger partial charge is 0.414 e. The van der Waals surface area contributed by atoms with E-state index in [1.54, 1.807) is 0 Å². The highest BCUT2D eigenvalue weighted by molar-refractivity contribution is 6.74. The highest BCUT2D eigenvalue weighted by atomic mass is 28.4. The molecule has 3 rings (SSSR count). The molecule has 0 heterocycles. The molecule has 0 radical (unpaired) electrons. The SMILES string of the molecule is CC(C)(C)[Si](C)(C)O[C@@H](CCc1ccccc1)CC[C@@H]1[C@H]2CC(=O)C[C@H]2C[C@H]1O[Si](C)(C)C(C)(C)C. The van der Waals surface area contributed by atoms with Crippen molar-refractivity contribution in [1.29, 1.82) is 0 Å². The minimum absolute atomic E-state index is 0.197. The zero-order valence-corrected chi connectivity index (χ0v) is 26.9. The molecule has 3 nitrogen and oxygen atoms in total. The lowest BCUT2D eigenvalue weighted by atomic mass is 9.86.